The van der Waals surface area contributed by atoms with E-state index in [2.05, 4.69) is 58.8 Å². The highest BCUT2D eigenvalue weighted by Crippen LogP contribution is 2.35. The van der Waals surface area contributed by atoms with Crippen molar-refractivity contribution in [1.82, 2.24) is 54.7 Å². The number of nitrogens with zero attached hydrogens (tertiary/aromatic N) is 7. The molecule has 1 aliphatic rings. The van der Waals surface area contributed by atoms with Gasteiger partial charge in [-0.05, 0) is 90.4 Å². The minimum absolute atomic E-state index is 0.0461. The number of hydrogen-bond acceptors (Lipinski definition) is 10. The minimum atomic E-state index is -1.17. The Bertz CT molecular complexity index is 3650. The van der Waals surface area contributed by atoms with Crippen molar-refractivity contribution in [3.8, 4) is 34.1 Å². The summed E-state index contributed by atoms with van der Waals surface area (Å²) < 4.78 is 11.2. The molecule has 1 aliphatic heterocycles. The standard InChI is InChI=1S/C57H58ClN11O6/c1-35-10-16-42(75-56-63-46-29-44(45(58)30-47(46)64-56)40-15-17-48-41(27-40)18-23-66(48)3)28-43(35)54(72)61-22-21-60-49(70)32-59-31-37-11-13-39(14-12-37)53-51-52(65-67(53)4)55(73)69(34-62-51)33-57(74)19-24-68(25-20-57)50(71)26-36(2)38-8-6-5-7-9-38/h5-18,23,27-30,34,36,59,74H,19-22,24-26,31-33H2,1-4H3,(H,60,70)(H,61,72)(H,63,64)/t36-/m1/s1. The molecule has 17 nitrogen and oxygen atoms in total. The van der Waals surface area contributed by atoms with Gasteiger partial charge in [-0.25, -0.2) is 4.98 Å². The fourth-order valence-corrected chi connectivity index (χ4v) is 10.1. The largest absolute Gasteiger partial charge is 0.426 e. The van der Waals surface area contributed by atoms with Gasteiger partial charge in [-0.1, -0.05) is 85.3 Å². The van der Waals surface area contributed by atoms with E-state index in [0.29, 0.717) is 77.5 Å². The highest BCUT2D eigenvalue weighted by molar-refractivity contribution is 6.34. The van der Waals surface area contributed by atoms with Gasteiger partial charge < -0.3 is 40.2 Å². The molecule has 1 fully saturated rings. The van der Waals surface area contributed by atoms with E-state index in [-0.39, 0.29) is 66.9 Å². The molecule has 5 heterocycles. The Balaban J connectivity index is 0.668. The smallest absolute Gasteiger partial charge is 0.300 e. The Morgan fingerprint density at radius 1 is 0.893 bits per heavy atom. The zero-order valence-corrected chi connectivity index (χ0v) is 42.9. The summed E-state index contributed by atoms with van der Waals surface area (Å²) in [7, 11) is 3.77. The molecule has 0 radical (unpaired) electrons. The van der Waals surface area contributed by atoms with Crippen LogP contribution in [0.1, 0.15) is 59.2 Å². The molecule has 5 aromatic carbocycles. The third kappa shape index (κ3) is 11.1. The summed E-state index contributed by atoms with van der Waals surface area (Å²) in [6.45, 7) is 5.68. The van der Waals surface area contributed by atoms with Gasteiger partial charge in [0.2, 0.25) is 11.8 Å². The van der Waals surface area contributed by atoms with Crippen LogP contribution >= 0.6 is 11.6 Å². The molecular formula is C57H58ClN11O6. The molecular weight excluding hydrogens is 970 g/mol. The van der Waals surface area contributed by atoms with Crippen LogP contribution in [0.4, 0.5) is 0 Å². The van der Waals surface area contributed by atoms with E-state index in [4.69, 9.17) is 16.3 Å². The average Bonchev–Trinajstić information content (AvgIpc) is 4.09. The van der Waals surface area contributed by atoms with Crippen molar-refractivity contribution < 1.29 is 24.2 Å². The molecule has 5 N–H and O–H groups in total. The van der Waals surface area contributed by atoms with Gasteiger partial charge in [0.1, 0.15) is 11.3 Å². The molecule has 0 bridgehead atoms. The van der Waals surface area contributed by atoms with Crippen LogP contribution in [0.5, 0.6) is 11.8 Å². The Hall–Kier alpha value is -8.12. The van der Waals surface area contributed by atoms with Gasteiger partial charge in [-0.15, -0.1) is 0 Å². The number of likely N-dealkylation sites (tertiary alicyclic amines) is 1. The van der Waals surface area contributed by atoms with Crippen LogP contribution in [0.2, 0.25) is 5.02 Å². The quantitative estimate of drug-likeness (QED) is 0.0561. The fourth-order valence-electron chi connectivity index (χ4n) is 9.85. The summed E-state index contributed by atoms with van der Waals surface area (Å²) in [4.78, 5) is 67.1. The summed E-state index contributed by atoms with van der Waals surface area (Å²) in [5.41, 5.74) is 8.21. The molecule has 75 heavy (non-hydrogen) atoms. The molecule has 9 aromatic rings. The van der Waals surface area contributed by atoms with Crippen molar-refractivity contribution in [1.29, 1.82) is 0 Å². The van der Waals surface area contributed by atoms with Crippen LogP contribution in [-0.4, -0.2) is 99.9 Å². The van der Waals surface area contributed by atoms with Crippen molar-refractivity contribution >= 4 is 62.3 Å². The van der Waals surface area contributed by atoms with Crippen molar-refractivity contribution in [3.63, 3.8) is 0 Å². The number of aromatic nitrogens is 7. The monoisotopic (exact) mass is 1030 g/mol. The van der Waals surface area contributed by atoms with Crippen LogP contribution in [0.15, 0.2) is 127 Å². The summed E-state index contributed by atoms with van der Waals surface area (Å²) in [5, 5.41) is 26.7. The number of aliphatic hydroxyl groups is 1. The van der Waals surface area contributed by atoms with Gasteiger partial charge in [0, 0.05) is 87.0 Å². The number of rotatable bonds is 17. The molecule has 10 rings (SSSR count). The molecule has 1 saturated heterocycles. The first-order valence-corrected chi connectivity index (χ1v) is 25.4. The van der Waals surface area contributed by atoms with Gasteiger partial charge >= 0.3 is 0 Å². The number of carbonyl (C=O) groups excluding carboxylic acids is 3. The van der Waals surface area contributed by atoms with Gasteiger partial charge in [0.25, 0.3) is 17.5 Å². The lowest BCUT2D eigenvalue weighted by Crippen LogP contribution is -2.49. The number of benzene rings is 5. The zero-order valence-electron chi connectivity index (χ0n) is 42.2. The molecule has 1 atom stereocenters. The Morgan fingerprint density at radius 3 is 2.44 bits per heavy atom. The number of piperidine rings is 1. The van der Waals surface area contributed by atoms with Gasteiger partial charge in [-0.2, -0.15) is 10.1 Å². The summed E-state index contributed by atoms with van der Waals surface area (Å²) >= 11 is 6.75. The second-order valence-electron chi connectivity index (χ2n) is 19.5. The molecule has 0 saturated carbocycles. The van der Waals surface area contributed by atoms with E-state index >= 15 is 0 Å². The van der Waals surface area contributed by atoms with E-state index in [1.54, 1.807) is 34.8 Å². The SMILES string of the molecule is Cc1ccc(Oc2nc3cc(-c4ccc5c(ccn5C)c4)c(Cl)cc3[nH]2)cc1C(=O)NCCNC(=O)CNCc1ccc(-c2c3ncn(CC4(O)CCN(C(=O)C[C@@H](C)c5ccccc5)CC4)c(=O)c3nn2C)cc1. The van der Waals surface area contributed by atoms with E-state index in [1.165, 1.54) is 10.9 Å². The van der Waals surface area contributed by atoms with E-state index in [9.17, 15) is 24.3 Å². The summed E-state index contributed by atoms with van der Waals surface area (Å²) in [6, 6.07) is 35.2. The maximum atomic E-state index is 13.7. The number of carbonyl (C=O) groups is 3. The van der Waals surface area contributed by atoms with Crippen LogP contribution < -0.4 is 26.2 Å². The van der Waals surface area contributed by atoms with E-state index in [0.717, 1.165) is 44.3 Å². The number of imidazole rings is 1. The van der Waals surface area contributed by atoms with E-state index in [1.807, 2.05) is 99.9 Å². The number of fused-ring (bicyclic) bond motifs is 3. The molecule has 18 heteroatoms. The van der Waals surface area contributed by atoms with Crippen molar-refractivity contribution in [2.24, 2.45) is 14.1 Å². The number of hydrogen-bond donors (Lipinski definition) is 5. The topological polar surface area (TPSA) is 206 Å². The van der Waals surface area contributed by atoms with Crippen molar-refractivity contribution in [2.75, 3.05) is 32.7 Å². The zero-order chi connectivity index (χ0) is 52.4. The van der Waals surface area contributed by atoms with Crippen molar-refractivity contribution in [3.05, 3.63) is 159 Å². The Kier molecular flexibility index (Phi) is 14.4. The lowest BCUT2D eigenvalue weighted by Gasteiger charge is -2.38. The molecule has 3 amide bonds. The number of ether oxygens (including phenoxy) is 1. The van der Waals surface area contributed by atoms with Crippen LogP contribution in [0, 0.1) is 6.92 Å². The number of aromatic amines is 1. The van der Waals surface area contributed by atoms with Crippen molar-refractivity contribution in [2.45, 2.75) is 57.7 Å². The Morgan fingerprint density at radius 2 is 1.65 bits per heavy atom. The van der Waals surface area contributed by atoms with Crippen LogP contribution in [0.25, 0.3) is 55.4 Å². The first kappa shape index (κ1) is 50.4. The molecule has 384 valence electrons. The number of nitrogens with one attached hydrogen (secondary N) is 4. The summed E-state index contributed by atoms with van der Waals surface area (Å²) in [6.07, 6.45) is 4.57. The highest BCUT2D eigenvalue weighted by Gasteiger charge is 2.35. The summed E-state index contributed by atoms with van der Waals surface area (Å²) in [5.74, 6) is 0.0409. The second-order valence-corrected chi connectivity index (χ2v) is 20.0. The predicted molar refractivity (Wildman–Crippen MR) is 290 cm³/mol. The fraction of sp³-hybridized carbons (Fsp3) is 0.281. The molecule has 0 aliphatic carbocycles. The number of amides is 3. The third-order valence-electron chi connectivity index (χ3n) is 14.2. The maximum absolute atomic E-state index is 13.7. The molecule has 0 spiro atoms. The molecule has 4 aromatic heterocycles. The highest BCUT2D eigenvalue weighted by atomic mass is 35.5. The Labute approximate surface area is 437 Å². The maximum Gasteiger partial charge on any atom is 0.300 e. The second kappa shape index (κ2) is 21.4. The minimum Gasteiger partial charge on any atom is -0.426 e. The van der Waals surface area contributed by atoms with Crippen LogP contribution in [0.3, 0.4) is 0 Å². The van der Waals surface area contributed by atoms with E-state index < -0.39 is 5.60 Å². The molecule has 0 unspecified atom stereocenters. The lowest BCUT2D eigenvalue weighted by molar-refractivity contribution is -0.136. The normalized spacial score (nSPS) is 13.9. The first-order chi connectivity index (χ1) is 36.2. The van der Waals surface area contributed by atoms with Gasteiger partial charge in [-0.3, -0.25) is 28.4 Å². The average molecular weight is 1030 g/mol. The number of aryl methyl sites for hydroxylation is 3. The predicted octanol–water partition coefficient (Wildman–Crippen LogP) is 7.77. The first-order valence-electron chi connectivity index (χ1n) is 25.0. The number of H-pyrrole nitrogens is 1. The lowest BCUT2D eigenvalue weighted by atomic mass is 9.90. The number of halogens is 1. The van der Waals surface area contributed by atoms with Crippen LogP contribution in [-0.2, 0) is 36.8 Å². The third-order valence-corrected chi connectivity index (χ3v) is 14.5. The van der Waals surface area contributed by atoms with Gasteiger partial charge in [0.05, 0.1) is 46.8 Å². The van der Waals surface area contributed by atoms with Gasteiger partial charge in [0.15, 0.2) is 5.52 Å².